The van der Waals surface area contributed by atoms with Crippen molar-refractivity contribution in [3.05, 3.63) is 152 Å². The quantitative estimate of drug-likeness (QED) is 0.200. The Morgan fingerprint density at radius 1 is 0.478 bits per heavy atom. The van der Waals surface area contributed by atoms with E-state index < -0.39 is 0 Å². The number of pyridine rings is 3. The molecule has 0 amide bonds. The highest BCUT2D eigenvalue weighted by molar-refractivity contribution is 6.21. The first-order chi connectivity index (χ1) is 22.8. The Bertz CT molecular complexity index is 2460. The van der Waals surface area contributed by atoms with Gasteiger partial charge in [0, 0.05) is 70.0 Å². The highest BCUT2D eigenvalue weighted by Crippen LogP contribution is 2.38. The average molecular weight is 592 g/mol. The molecular formula is C39H25N7. The van der Waals surface area contributed by atoms with E-state index in [0.717, 1.165) is 72.2 Å². The van der Waals surface area contributed by atoms with Crippen molar-refractivity contribution in [3.63, 3.8) is 0 Å². The van der Waals surface area contributed by atoms with Crippen LogP contribution in [0.5, 0.6) is 0 Å². The van der Waals surface area contributed by atoms with Crippen molar-refractivity contribution >= 4 is 32.7 Å². The van der Waals surface area contributed by atoms with Gasteiger partial charge in [-0.3, -0.25) is 19.1 Å². The summed E-state index contributed by atoms with van der Waals surface area (Å²) in [6, 6.07) is 39.4. The van der Waals surface area contributed by atoms with Crippen LogP contribution < -0.4 is 0 Å². The van der Waals surface area contributed by atoms with Gasteiger partial charge >= 0.3 is 0 Å². The summed E-state index contributed by atoms with van der Waals surface area (Å²) in [5.41, 5.74) is 8.94. The first kappa shape index (κ1) is 26.0. The Kier molecular flexibility index (Phi) is 5.99. The smallest absolute Gasteiger partial charge is 0.235 e. The molecule has 7 nitrogen and oxygen atoms in total. The van der Waals surface area contributed by atoms with Gasteiger partial charge in [-0.25, -0.2) is 15.0 Å². The lowest BCUT2D eigenvalue weighted by Gasteiger charge is -2.11. The highest BCUT2D eigenvalue weighted by atomic mass is 15.2. The molecule has 0 aliphatic rings. The van der Waals surface area contributed by atoms with Gasteiger partial charge in [-0.2, -0.15) is 0 Å². The van der Waals surface area contributed by atoms with Gasteiger partial charge in [0.15, 0.2) is 0 Å². The van der Waals surface area contributed by atoms with Gasteiger partial charge in [0.1, 0.15) is 5.82 Å². The van der Waals surface area contributed by atoms with Crippen molar-refractivity contribution in [2.45, 2.75) is 0 Å². The summed E-state index contributed by atoms with van der Waals surface area (Å²) in [6.07, 6.45) is 11.2. The Morgan fingerprint density at radius 2 is 1.17 bits per heavy atom. The van der Waals surface area contributed by atoms with Gasteiger partial charge in [-0.05, 0) is 66.2 Å². The van der Waals surface area contributed by atoms with Crippen LogP contribution in [0.4, 0.5) is 0 Å². The Hall–Kier alpha value is -6.47. The van der Waals surface area contributed by atoms with Crippen LogP contribution in [0.25, 0.3) is 78.1 Å². The second-order valence-electron chi connectivity index (χ2n) is 11.1. The van der Waals surface area contributed by atoms with Crippen molar-refractivity contribution in [1.82, 2.24) is 34.1 Å². The molecule has 0 aliphatic heterocycles. The first-order valence-corrected chi connectivity index (χ1v) is 15.1. The minimum absolute atomic E-state index is 0.601. The largest absolute Gasteiger partial charge is 0.294 e. The lowest BCUT2D eigenvalue weighted by Crippen LogP contribution is -2.03. The van der Waals surface area contributed by atoms with E-state index in [9.17, 15) is 0 Å². The number of benzene rings is 3. The third-order valence-corrected chi connectivity index (χ3v) is 8.43. The standard InChI is InChI=1S/C39H25N7/c1-2-8-26(9-3-1)32-23-33(29-11-7-19-41-25-29)44-39(43-32)45-21-17-31-34(45)14-15-36-38(31)30-12-4-5-13-35(30)46(36)37-22-27(16-20-42-37)28-10-6-18-40-24-28/h1-25H. The van der Waals surface area contributed by atoms with E-state index in [1.807, 2.05) is 67.1 Å². The molecule has 3 aromatic carbocycles. The number of fused-ring (bicyclic) bond motifs is 5. The zero-order valence-corrected chi connectivity index (χ0v) is 24.6. The van der Waals surface area contributed by atoms with Crippen LogP contribution >= 0.6 is 0 Å². The van der Waals surface area contributed by atoms with E-state index in [4.69, 9.17) is 15.0 Å². The van der Waals surface area contributed by atoms with E-state index in [0.29, 0.717) is 5.95 Å². The van der Waals surface area contributed by atoms with Crippen LogP contribution in [-0.4, -0.2) is 34.1 Å². The fourth-order valence-electron chi connectivity index (χ4n) is 6.32. The van der Waals surface area contributed by atoms with Gasteiger partial charge in [-0.15, -0.1) is 0 Å². The zero-order chi connectivity index (χ0) is 30.5. The lowest BCUT2D eigenvalue weighted by molar-refractivity contribution is 0.968. The number of rotatable bonds is 5. The second-order valence-corrected chi connectivity index (χ2v) is 11.1. The predicted octanol–water partition coefficient (Wildman–Crippen LogP) is 8.70. The molecule has 0 saturated carbocycles. The van der Waals surface area contributed by atoms with Gasteiger partial charge in [0.25, 0.3) is 0 Å². The normalized spacial score (nSPS) is 11.5. The fourth-order valence-corrected chi connectivity index (χ4v) is 6.32. The van der Waals surface area contributed by atoms with Crippen LogP contribution in [-0.2, 0) is 0 Å². The predicted molar refractivity (Wildman–Crippen MR) is 183 cm³/mol. The summed E-state index contributed by atoms with van der Waals surface area (Å²) in [5.74, 6) is 1.45. The molecule has 0 aliphatic carbocycles. The molecule has 46 heavy (non-hydrogen) atoms. The number of nitrogens with zero attached hydrogens (tertiary/aromatic N) is 7. The summed E-state index contributed by atoms with van der Waals surface area (Å²) in [4.78, 5) is 23.6. The van der Waals surface area contributed by atoms with E-state index in [1.54, 1.807) is 12.4 Å². The molecule has 7 heteroatoms. The van der Waals surface area contributed by atoms with Crippen LogP contribution in [0, 0.1) is 0 Å². The first-order valence-electron chi connectivity index (χ1n) is 15.1. The number of hydrogen-bond acceptors (Lipinski definition) is 5. The minimum atomic E-state index is 0.601. The second kappa shape index (κ2) is 10.6. The summed E-state index contributed by atoms with van der Waals surface area (Å²) in [7, 11) is 0. The van der Waals surface area contributed by atoms with Crippen LogP contribution in [0.1, 0.15) is 0 Å². The maximum absolute atomic E-state index is 5.07. The summed E-state index contributed by atoms with van der Waals surface area (Å²) in [6.45, 7) is 0. The summed E-state index contributed by atoms with van der Waals surface area (Å²) < 4.78 is 4.32. The molecule has 0 radical (unpaired) electrons. The Morgan fingerprint density at radius 3 is 1.98 bits per heavy atom. The van der Waals surface area contributed by atoms with Crippen molar-refractivity contribution in [1.29, 1.82) is 0 Å². The van der Waals surface area contributed by atoms with Gasteiger partial charge in [-0.1, -0.05) is 54.6 Å². The third-order valence-electron chi connectivity index (χ3n) is 8.43. The van der Waals surface area contributed by atoms with Gasteiger partial charge < -0.3 is 0 Å². The van der Waals surface area contributed by atoms with E-state index in [2.05, 4.69) is 92.0 Å². The maximum Gasteiger partial charge on any atom is 0.235 e. The monoisotopic (exact) mass is 591 g/mol. The minimum Gasteiger partial charge on any atom is -0.294 e. The molecule has 6 heterocycles. The average Bonchev–Trinajstić information content (AvgIpc) is 3.72. The Labute approximate surface area is 264 Å². The Balaban J connectivity index is 1.26. The van der Waals surface area contributed by atoms with Crippen molar-refractivity contribution < 1.29 is 0 Å². The highest BCUT2D eigenvalue weighted by Gasteiger charge is 2.19. The number of aromatic nitrogens is 7. The molecule has 6 aromatic heterocycles. The molecule has 0 unspecified atom stereocenters. The number of hydrogen-bond donors (Lipinski definition) is 0. The van der Waals surface area contributed by atoms with Crippen molar-refractivity contribution in [2.24, 2.45) is 0 Å². The van der Waals surface area contributed by atoms with Gasteiger partial charge in [0.2, 0.25) is 5.95 Å². The molecule has 9 rings (SSSR count). The molecule has 0 atom stereocenters. The molecule has 0 spiro atoms. The molecule has 0 fully saturated rings. The van der Waals surface area contributed by atoms with Crippen LogP contribution in [0.2, 0.25) is 0 Å². The lowest BCUT2D eigenvalue weighted by atomic mass is 10.1. The van der Waals surface area contributed by atoms with Crippen molar-refractivity contribution in [2.75, 3.05) is 0 Å². The van der Waals surface area contributed by atoms with E-state index in [-0.39, 0.29) is 0 Å². The molecule has 0 bridgehead atoms. The van der Waals surface area contributed by atoms with Crippen LogP contribution in [0.3, 0.4) is 0 Å². The third kappa shape index (κ3) is 4.25. The van der Waals surface area contributed by atoms with E-state index >= 15 is 0 Å². The van der Waals surface area contributed by atoms with Crippen LogP contribution in [0.15, 0.2) is 152 Å². The molecule has 216 valence electrons. The van der Waals surface area contributed by atoms with Crippen molar-refractivity contribution in [3.8, 4) is 45.4 Å². The topological polar surface area (TPSA) is 74.3 Å². The summed E-state index contributed by atoms with van der Waals surface area (Å²) in [5, 5.41) is 3.43. The maximum atomic E-state index is 5.07. The molecule has 0 N–H and O–H groups in total. The van der Waals surface area contributed by atoms with E-state index in [1.165, 1.54) is 0 Å². The number of para-hydroxylation sites is 1. The fraction of sp³-hybridized carbons (Fsp3) is 0. The SMILES string of the molecule is c1ccc(-c2cc(-c3cccnc3)nc(-n3ccc4c5c6ccccc6n(-c6cc(-c7cccnc7)ccn6)c5ccc43)n2)cc1. The summed E-state index contributed by atoms with van der Waals surface area (Å²) >= 11 is 0. The van der Waals surface area contributed by atoms with Gasteiger partial charge in [0.05, 0.1) is 27.9 Å². The molecular weight excluding hydrogens is 566 g/mol. The molecule has 9 aromatic rings. The molecule has 0 saturated heterocycles. The zero-order valence-electron chi connectivity index (χ0n) is 24.6.